The molecule has 0 aliphatic carbocycles. The molecule has 0 radical (unpaired) electrons. The van der Waals surface area contributed by atoms with Crippen molar-refractivity contribution in [1.29, 1.82) is 0 Å². The normalized spacial score (nSPS) is 19.9. The van der Waals surface area contributed by atoms with Crippen LogP contribution in [0.25, 0.3) is 11.0 Å². The summed E-state index contributed by atoms with van der Waals surface area (Å²) in [4.78, 5) is 13.3. The summed E-state index contributed by atoms with van der Waals surface area (Å²) in [5.41, 5.74) is -1.00. The minimum Gasteiger partial charge on any atom is -0.507 e. The van der Waals surface area contributed by atoms with E-state index in [9.17, 15) is 34.0 Å². The molecule has 1 aliphatic heterocycles. The zero-order valence-electron chi connectivity index (χ0n) is 17.2. The fourth-order valence-corrected chi connectivity index (χ4v) is 4.54. The van der Waals surface area contributed by atoms with E-state index in [-0.39, 0.29) is 57.6 Å². The van der Waals surface area contributed by atoms with Gasteiger partial charge in [-0.3, -0.25) is 4.79 Å². The van der Waals surface area contributed by atoms with Crippen LogP contribution in [0.3, 0.4) is 0 Å². The van der Waals surface area contributed by atoms with Crippen LogP contribution in [0.1, 0.15) is 40.9 Å². The number of phenols is 2. The van der Waals surface area contributed by atoms with Gasteiger partial charge in [-0.15, -0.1) is 0 Å². The van der Waals surface area contributed by atoms with Gasteiger partial charge in [0.2, 0.25) is 5.43 Å². The Hall–Kier alpha value is -3.01. The summed E-state index contributed by atoms with van der Waals surface area (Å²) < 4.78 is 33.1. The lowest BCUT2D eigenvalue weighted by atomic mass is 9.80. The Morgan fingerprint density at radius 1 is 1.16 bits per heavy atom. The van der Waals surface area contributed by atoms with Crippen LogP contribution in [-0.4, -0.2) is 40.1 Å². The number of hydrogen-bond acceptors (Lipinski definition) is 7. The van der Waals surface area contributed by atoms with Crippen molar-refractivity contribution < 1.29 is 33.6 Å². The van der Waals surface area contributed by atoms with E-state index in [0.717, 1.165) is 18.2 Å². The standard InChI is InChI=1S/C23H23F2NO6/c1-10-18(21(30)11-4-13(24)6-14(25)5-11)22(31)20-17(29)7-16(28)19(23(20)32-10)15-2-3-26-8-12(15)9-27/h4-7,12,15,21,26-30H,2-3,8-9H2,1H3. The topological polar surface area (TPSA) is 123 Å². The van der Waals surface area contributed by atoms with Crippen LogP contribution in [0.5, 0.6) is 11.5 Å². The smallest absolute Gasteiger partial charge is 0.202 e. The summed E-state index contributed by atoms with van der Waals surface area (Å²) >= 11 is 0. The summed E-state index contributed by atoms with van der Waals surface area (Å²) in [6.45, 7) is 2.36. The molecule has 170 valence electrons. The van der Waals surface area contributed by atoms with Crippen molar-refractivity contribution in [2.24, 2.45) is 5.92 Å². The van der Waals surface area contributed by atoms with E-state index in [1.54, 1.807) is 0 Å². The number of hydrogen-bond donors (Lipinski definition) is 5. The molecule has 0 spiro atoms. The third-order valence-corrected chi connectivity index (χ3v) is 6.07. The SMILES string of the molecule is Cc1oc2c(C3CCNCC3CO)c(O)cc(O)c2c(=O)c1C(O)c1cc(F)cc(F)c1. The molecule has 3 aromatic rings. The Bertz CT molecular complexity index is 1220. The lowest BCUT2D eigenvalue weighted by molar-refractivity contribution is 0.178. The van der Waals surface area contributed by atoms with Gasteiger partial charge in [0.25, 0.3) is 0 Å². The van der Waals surface area contributed by atoms with Gasteiger partial charge in [0.05, 0.1) is 5.56 Å². The first-order valence-corrected chi connectivity index (χ1v) is 10.2. The molecule has 3 atom stereocenters. The minimum atomic E-state index is -1.71. The van der Waals surface area contributed by atoms with Crippen molar-refractivity contribution in [2.45, 2.75) is 25.4 Å². The summed E-state index contributed by atoms with van der Waals surface area (Å²) in [5, 5.41) is 44.5. The molecule has 2 heterocycles. The van der Waals surface area contributed by atoms with Gasteiger partial charge in [-0.25, -0.2) is 8.78 Å². The number of benzene rings is 2. The molecule has 2 aromatic carbocycles. The maximum Gasteiger partial charge on any atom is 0.202 e. The molecule has 0 amide bonds. The number of phenolic OH excluding ortho intramolecular Hbond substituents is 2. The number of halogens is 2. The summed E-state index contributed by atoms with van der Waals surface area (Å²) in [7, 11) is 0. The molecule has 1 aromatic heterocycles. The van der Waals surface area contributed by atoms with Gasteiger partial charge in [-0.2, -0.15) is 0 Å². The summed E-state index contributed by atoms with van der Waals surface area (Å²) in [5.74, 6) is -3.29. The highest BCUT2D eigenvalue weighted by Crippen LogP contribution is 2.43. The number of aliphatic hydroxyl groups is 2. The average Bonchev–Trinajstić information content (AvgIpc) is 2.72. The van der Waals surface area contributed by atoms with Crippen molar-refractivity contribution in [2.75, 3.05) is 19.7 Å². The maximum absolute atomic E-state index is 13.6. The van der Waals surface area contributed by atoms with Crippen LogP contribution < -0.4 is 10.7 Å². The fourth-order valence-electron chi connectivity index (χ4n) is 4.54. The lowest BCUT2D eigenvalue weighted by Crippen LogP contribution is -2.37. The highest BCUT2D eigenvalue weighted by Gasteiger charge is 2.33. The van der Waals surface area contributed by atoms with Crippen LogP contribution >= 0.6 is 0 Å². The number of aryl methyl sites for hydroxylation is 1. The molecule has 32 heavy (non-hydrogen) atoms. The Labute approximate surface area is 181 Å². The third kappa shape index (κ3) is 3.72. The second-order valence-corrected chi connectivity index (χ2v) is 8.08. The first-order chi connectivity index (χ1) is 15.2. The van der Waals surface area contributed by atoms with Gasteiger partial charge >= 0.3 is 0 Å². The van der Waals surface area contributed by atoms with E-state index >= 15 is 0 Å². The van der Waals surface area contributed by atoms with Crippen LogP contribution in [0.2, 0.25) is 0 Å². The second kappa shape index (κ2) is 8.50. The molecule has 1 aliphatic rings. The van der Waals surface area contributed by atoms with E-state index in [2.05, 4.69) is 5.32 Å². The molecule has 9 heteroatoms. The molecular weight excluding hydrogens is 424 g/mol. The van der Waals surface area contributed by atoms with Crippen LogP contribution in [0, 0.1) is 24.5 Å². The van der Waals surface area contributed by atoms with E-state index < -0.39 is 28.9 Å². The zero-order chi connectivity index (χ0) is 23.2. The van der Waals surface area contributed by atoms with E-state index in [1.807, 2.05) is 0 Å². The van der Waals surface area contributed by atoms with Crippen LogP contribution in [-0.2, 0) is 0 Å². The predicted molar refractivity (Wildman–Crippen MR) is 112 cm³/mol. The molecule has 5 N–H and O–H groups in total. The molecule has 0 saturated carbocycles. The fraction of sp³-hybridized carbons (Fsp3) is 0.348. The number of rotatable bonds is 4. The van der Waals surface area contributed by atoms with Crippen molar-refractivity contribution >= 4 is 11.0 Å². The lowest BCUT2D eigenvalue weighted by Gasteiger charge is -2.32. The minimum absolute atomic E-state index is 0.0274. The summed E-state index contributed by atoms with van der Waals surface area (Å²) in [6.07, 6.45) is -1.16. The molecule has 0 bridgehead atoms. The number of aromatic hydroxyl groups is 2. The molecule has 3 unspecified atom stereocenters. The van der Waals surface area contributed by atoms with Gasteiger partial charge < -0.3 is 30.2 Å². The first kappa shape index (κ1) is 22.2. The number of fused-ring (bicyclic) bond motifs is 1. The van der Waals surface area contributed by atoms with E-state index in [0.29, 0.717) is 25.6 Å². The number of piperidine rings is 1. The van der Waals surface area contributed by atoms with Gasteiger partial charge in [-0.05, 0) is 43.5 Å². The summed E-state index contributed by atoms with van der Waals surface area (Å²) in [6, 6.07) is 3.47. The second-order valence-electron chi connectivity index (χ2n) is 8.08. The Balaban J connectivity index is 1.95. The van der Waals surface area contributed by atoms with E-state index in [4.69, 9.17) is 4.42 Å². The van der Waals surface area contributed by atoms with Gasteiger partial charge in [-0.1, -0.05) is 0 Å². The van der Waals surface area contributed by atoms with Crippen LogP contribution in [0.15, 0.2) is 33.5 Å². The van der Waals surface area contributed by atoms with Gasteiger partial charge in [0.1, 0.15) is 46.0 Å². The quantitative estimate of drug-likeness (QED) is 0.417. The molecule has 1 saturated heterocycles. The molecule has 7 nitrogen and oxygen atoms in total. The number of nitrogens with one attached hydrogen (secondary N) is 1. The van der Waals surface area contributed by atoms with Crippen LogP contribution in [0.4, 0.5) is 8.78 Å². The zero-order valence-corrected chi connectivity index (χ0v) is 17.2. The van der Waals surface area contributed by atoms with Gasteiger partial charge in [0, 0.05) is 36.8 Å². The van der Waals surface area contributed by atoms with Crippen molar-refractivity contribution in [3.8, 4) is 11.5 Å². The number of aliphatic hydroxyl groups excluding tert-OH is 2. The largest absolute Gasteiger partial charge is 0.507 e. The van der Waals surface area contributed by atoms with Gasteiger partial charge in [0.15, 0.2) is 0 Å². The Kier molecular flexibility index (Phi) is 5.89. The maximum atomic E-state index is 13.6. The highest BCUT2D eigenvalue weighted by atomic mass is 19.1. The first-order valence-electron chi connectivity index (χ1n) is 10.2. The predicted octanol–water partition coefficient (Wildman–Crippen LogP) is 2.56. The highest BCUT2D eigenvalue weighted by molar-refractivity contribution is 5.89. The Morgan fingerprint density at radius 3 is 2.50 bits per heavy atom. The van der Waals surface area contributed by atoms with Crippen molar-refractivity contribution in [3.63, 3.8) is 0 Å². The van der Waals surface area contributed by atoms with E-state index in [1.165, 1.54) is 6.92 Å². The molecule has 4 rings (SSSR count). The van der Waals surface area contributed by atoms with Crippen molar-refractivity contribution in [1.82, 2.24) is 5.32 Å². The third-order valence-electron chi connectivity index (χ3n) is 6.07. The molecule has 1 fully saturated rings. The average molecular weight is 447 g/mol. The van der Waals surface area contributed by atoms with Crippen molar-refractivity contribution in [3.05, 3.63) is 68.6 Å². The Morgan fingerprint density at radius 2 is 1.84 bits per heavy atom. The molecular formula is C23H23F2NO6. The monoisotopic (exact) mass is 447 g/mol.